The molecule has 0 atom stereocenters. The Kier molecular flexibility index (Phi) is 2.84. The van der Waals surface area contributed by atoms with E-state index in [9.17, 15) is 4.79 Å². The third kappa shape index (κ3) is 2.13. The number of imidazole rings is 1. The number of benzene rings is 1. The third-order valence-corrected chi connectivity index (χ3v) is 3.56. The maximum Gasteiger partial charge on any atom is 0.192 e. The molecule has 2 heterocycles. The van der Waals surface area contributed by atoms with Gasteiger partial charge in [-0.3, -0.25) is 4.79 Å². The average molecular weight is 294 g/mol. The van der Waals surface area contributed by atoms with Crippen LogP contribution >= 0.6 is 23.2 Å². The van der Waals surface area contributed by atoms with Crippen molar-refractivity contribution in [1.82, 2.24) is 15.0 Å². The van der Waals surface area contributed by atoms with E-state index >= 15 is 0 Å². The summed E-state index contributed by atoms with van der Waals surface area (Å²) in [5.41, 5.74) is 2.60. The highest BCUT2D eigenvalue weighted by atomic mass is 35.5. The van der Waals surface area contributed by atoms with Crippen LogP contribution in [0.15, 0.2) is 29.2 Å². The first-order chi connectivity index (χ1) is 9.04. The second-order valence-electron chi connectivity index (χ2n) is 4.26. The van der Waals surface area contributed by atoms with Crippen LogP contribution in [0, 0.1) is 6.92 Å². The van der Waals surface area contributed by atoms with Gasteiger partial charge in [0, 0.05) is 18.0 Å². The summed E-state index contributed by atoms with van der Waals surface area (Å²) in [5, 5.41) is 0.882. The second-order valence-corrected chi connectivity index (χ2v) is 5.08. The molecule has 0 aliphatic carbocycles. The summed E-state index contributed by atoms with van der Waals surface area (Å²) in [5.74, 6) is 0.495. The van der Waals surface area contributed by atoms with Crippen LogP contribution in [0.1, 0.15) is 5.69 Å². The number of aromatic nitrogens is 3. The van der Waals surface area contributed by atoms with E-state index in [2.05, 4.69) is 15.0 Å². The van der Waals surface area contributed by atoms with Crippen LogP contribution in [-0.4, -0.2) is 15.0 Å². The number of hydrogen-bond donors (Lipinski definition) is 2. The molecule has 3 rings (SSSR count). The summed E-state index contributed by atoms with van der Waals surface area (Å²) in [7, 11) is 0. The van der Waals surface area contributed by atoms with Gasteiger partial charge in [-0.1, -0.05) is 23.2 Å². The number of aromatic amines is 2. The van der Waals surface area contributed by atoms with Gasteiger partial charge in [-0.05, 0) is 19.1 Å². The molecular weight excluding hydrogens is 285 g/mol. The molecule has 0 radical (unpaired) electrons. The highest BCUT2D eigenvalue weighted by Crippen LogP contribution is 2.28. The Morgan fingerprint density at radius 3 is 2.63 bits per heavy atom. The van der Waals surface area contributed by atoms with Crippen LogP contribution in [0.4, 0.5) is 0 Å². The largest absolute Gasteiger partial charge is 0.364 e. The van der Waals surface area contributed by atoms with E-state index in [1.54, 1.807) is 18.3 Å². The molecule has 96 valence electrons. The van der Waals surface area contributed by atoms with Crippen LogP contribution in [0.2, 0.25) is 10.0 Å². The van der Waals surface area contributed by atoms with Crippen molar-refractivity contribution in [3.63, 3.8) is 0 Å². The quantitative estimate of drug-likeness (QED) is 0.721. The molecule has 0 unspecified atom stereocenters. The minimum Gasteiger partial charge on any atom is -0.364 e. The number of nitrogens with one attached hydrogen (secondary N) is 2. The van der Waals surface area contributed by atoms with Crippen molar-refractivity contribution in [2.45, 2.75) is 6.92 Å². The first-order valence-corrected chi connectivity index (χ1v) is 6.34. The average Bonchev–Trinajstić information content (AvgIpc) is 2.72. The van der Waals surface area contributed by atoms with Crippen LogP contribution in [0.25, 0.3) is 22.4 Å². The molecule has 1 aromatic carbocycles. The summed E-state index contributed by atoms with van der Waals surface area (Å²) < 4.78 is 0. The Morgan fingerprint density at radius 2 is 1.89 bits per heavy atom. The minimum atomic E-state index is -0.0903. The fraction of sp³-hybridized carbons (Fsp3) is 0.0769. The topological polar surface area (TPSA) is 61.5 Å². The Labute approximate surface area is 118 Å². The lowest BCUT2D eigenvalue weighted by Gasteiger charge is -1.96. The maximum atomic E-state index is 11.9. The molecule has 2 aromatic heterocycles. The highest BCUT2D eigenvalue weighted by Gasteiger charge is 2.10. The standard InChI is InChI=1S/C13H9Cl2N3O/c1-6-2-12(19)7(5-16-6)13-17-10-3-8(14)9(15)4-11(10)18-13/h2-5H,1H3,(H,16,19)(H,17,18). The lowest BCUT2D eigenvalue weighted by molar-refractivity contribution is 1.17. The summed E-state index contributed by atoms with van der Waals surface area (Å²) in [6.45, 7) is 1.82. The highest BCUT2D eigenvalue weighted by molar-refractivity contribution is 6.42. The maximum absolute atomic E-state index is 11.9. The Bertz CT molecular complexity index is 797. The van der Waals surface area contributed by atoms with Gasteiger partial charge in [0.25, 0.3) is 0 Å². The van der Waals surface area contributed by atoms with Gasteiger partial charge in [0.05, 0.1) is 26.6 Å². The number of hydrogen-bond acceptors (Lipinski definition) is 2. The number of fused-ring (bicyclic) bond motifs is 1. The lowest BCUT2D eigenvalue weighted by Crippen LogP contribution is -2.05. The van der Waals surface area contributed by atoms with Crippen molar-refractivity contribution in [2.75, 3.05) is 0 Å². The molecule has 6 heteroatoms. The van der Waals surface area contributed by atoms with Crippen LogP contribution < -0.4 is 5.43 Å². The molecule has 0 fully saturated rings. The zero-order valence-electron chi connectivity index (χ0n) is 9.92. The van der Waals surface area contributed by atoms with Gasteiger partial charge in [0.15, 0.2) is 5.43 Å². The monoisotopic (exact) mass is 293 g/mol. The first-order valence-electron chi connectivity index (χ1n) is 5.59. The van der Waals surface area contributed by atoms with Crippen LogP contribution in [-0.2, 0) is 0 Å². The molecule has 0 amide bonds. The number of nitrogens with zero attached hydrogens (tertiary/aromatic N) is 1. The SMILES string of the molecule is Cc1cc(=O)c(-c2nc3cc(Cl)c(Cl)cc3[nH]2)c[nH]1. The van der Waals surface area contributed by atoms with Gasteiger partial charge < -0.3 is 9.97 Å². The number of pyridine rings is 1. The summed E-state index contributed by atoms with van der Waals surface area (Å²) in [6.07, 6.45) is 1.64. The van der Waals surface area contributed by atoms with Gasteiger partial charge >= 0.3 is 0 Å². The Morgan fingerprint density at radius 1 is 1.16 bits per heavy atom. The molecule has 3 aromatic rings. The fourth-order valence-electron chi connectivity index (χ4n) is 1.89. The molecule has 4 nitrogen and oxygen atoms in total. The zero-order chi connectivity index (χ0) is 13.6. The van der Waals surface area contributed by atoms with E-state index in [0.717, 1.165) is 11.2 Å². The first kappa shape index (κ1) is 12.3. The van der Waals surface area contributed by atoms with Crippen molar-refractivity contribution in [2.24, 2.45) is 0 Å². The molecular formula is C13H9Cl2N3O. The van der Waals surface area contributed by atoms with Gasteiger partial charge in [0.1, 0.15) is 5.82 Å². The van der Waals surface area contributed by atoms with Gasteiger partial charge in [-0.25, -0.2) is 4.98 Å². The van der Waals surface area contributed by atoms with E-state index < -0.39 is 0 Å². The van der Waals surface area contributed by atoms with Crippen molar-refractivity contribution in [1.29, 1.82) is 0 Å². The molecule has 2 N–H and O–H groups in total. The molecule has 0 saturated heterocycles. The lowest BCUT2D eigenvalue weighted by atomic mass is 10.2. The number of halogens is 2. The summed E-state index contributed by atoms with van der Waals surface area (Å²) in [4.78, 5) is 22.3. The van der Waals surface area contributed by atoms with Gasteiger partial charge in [0.2, 0.25) is 0 Å². The molecule has 19 heavy (non-hydrogen) atoms. The third-order valence-electron chi connectivity index (χ3n) is 2.84. The summed E-state index contributed by atoms with van der Waals surface area (Å²) in [6, 6.07) is 4.89. The summed E-state index contributed by atoms with van der Waals surface area (Å²) >= 11 is 11.9. The normalized spacial score (nSPS) is 11.1. The molecule has 0 spiro atoms. The van der Waals surface area contributed by atoms with E-state index in [1.165, 1.54) is 6.07 Å². The van der Waals surface area contributed by atoms with Crippen LogP contribution in [0.5, 0.6) is 0 Å². The van der Waals surface area contributed by atoms with Crippen molar-refractivity contribution in [3.05, 3.63) is 50.4 Å². The van der Waals surface area contributed by atoms with Crippen molar-refractivity contribution >= 4 is 34.2 Å². The van der Waals surface area contributed by atoms with E-state index in [4.69, 9.17) is 23.2 Å². The van der Waals surface area contributed by atoms with Crippen molar-refractivity contribution < 1.29 is 0 Å². The number of H-pyrrole nitrogens is 2. The smallest absolute Gasteiger partial charge is 0.192 e. The van der Waals surface area contributed by atoms with Crippen LogP contribution in [0.3, 0.4) is 0 Å². The molecule has 0 bridgehead atoms. The molecule has 0 saturated carbocycles. The van der Waals surface area contributed by atoms with E-state index in [-0.39, 0.29) is 5.43 Å². The van der Waals surface area contributed by atoms with Gasteiger partial charge in [-0.2, -0.15) is 0 Å². The zero-order valence-corrected chi connectivity index (χ0v) is 11.4. The fourth-order valence-corrected chi connectivity index (χ4v) is 2.21. The predicted octanol–water partition coefficient (Wildman–Crippen LogP) is 3.53. The Balaban J connectivity index is 2.23. The Hall–Kier alpha value is -1.78. The predicted molar refractivity (Wildman–Crippen MR) is 76.9 cm³/mol. The van der Waals surface area contributed by atoms with E-state index in [1.807, 2.05) is 6.92 Å². The van der Waals surface area contributed by atoms with Gasteiger partial charge in [-0.15, -0.1) is 0 Å². The molecule has 0 aliphatic heterocycles. The minimum absolute atomic E-state index is 0.0903. The van der Waals surface area contributed by atoms with E-state index in [0.29, 0.717) is 26.9 Å². The number of aryl methyl sites for hydroxylation is 1. The van der Waals surface area contributed by atoms with Crippen molar-refractivity contribution in [3.8, 4) is 11.4 Å². The molecule has 0 aliphatic rings. The second kappa shape index (κ2) is 4.40. The number of rotatable bonds is 1.